The van der Waals surface area contributed by atoms with Gasteiger partial charge in [0.15, 0.2) is 0 Å². The first-order valence-corrected chi connectivity index (χ1v) is 8.72. The van der Waals surface area contributed by atoms with Crippen LogP contribution in [0.3, 0.4) is 0 Å². The Labute approximate surface area is 158 Å². The molecule has 3 aromatic rings. The van der Waals surface area contributed by atoms with Crippen molar-refractivity contribution in [2.24, 2.45) is 0 Å². The molecule has 0 saturated heterocycles. The zero-order valence-corrected chi connectivity index (χ0v) is 15.6. The van der Waals surface area contributed by atoms with E-state index in [1.165, 1.54) is 17.7 Å². The van der Waals surface area contributed by atoms with E-state index in [1.54, 1.807) is 30.5 Å². The normalized spacial score (nSPS) is 11.1. The maximum atomic E-state index is 12.9. The lowest BCUT2D eigenvalue weighted by Gasteiger charge is -2.19. The molecule has 0 bridgehead atoms. The van der Waals surface area contributed by atoms with E-state index in [0.29, 0.717) is 17.1 Å². The van der Waals surface area contributed by atoms with Crippen molar-refractivity contribution in [3.63, 3.8) is 0 Å². The molecule has 0 atom stereocenters. The van der Waals surface area contributed by atoms with Crippen molar-refractivity contribution in [3.05, 3.63) is 83.8 Å². The number of nitrogens with zero attached hydrogens (tertiary/aromatic N) is 1. The number of pyridine rings is 1. The lowest BCUT2D eigenvalue weighted by Crippen LogP contribution is -2.14. The summed E-state index contributed by atoms with van der Waals surface area (Å²) in [7, 11) is 0. The maximum Gasteiger partial charge on any atom is 0.255 e. The van der Waals surface area contributed by atoms with Crippen LogP contribution < -0.4 is 10.6 Å². The third-order valence-corrected chi connectivity index (χ3v) is 4.15. The molecule has 0 aliphatic heterocycles. The van der Waals surface area contributed by atoms with Gasteiger partial charge in [-0.15, -0.1) is 0 Å². The van der Waals surface area contributed by atoms with Gasteiger partial charge in [-0.25, -0.2) is 9.37 Å². The second kappa shape index (κ2) is 7.58. The highest BCUT2D eigenvalue weighted by atomic mass is 19.1. The SMILES string of the molecule is CC(C)(C)c1ccc(C(=O)Nc2ccc(Nc3ccc(F)cc3)nc2)cc1. The standard InChI is InChI=1S/C22H22FN3O/c1-22(2,3)16-6-4-15(5-7-16)21(27)26-19-12-13-20(24-14-19)25-18-10-8-17(23)9-11-18/h4-14H,1-3H3,(H,24,25)(H,26,27). The molecular weight excluding hydrogens is 341 g/mol. The number of hydrogen-bond donors (Lipinski definition) is 2. The number of aromatic nitrogens is 1. The second-order valence-corrected chi connectivity index (χ2v) is 7.35. The number of nitrogens with one attached hydrogen (secondary N) is 2. The van der Waals surface area contributed by atoms with Crippen LogP contribution in [0.2, 0.25) is 0 Å². The van der Waals surface area contributed by atoms with Crippen LogP contribution in [-0.2, 0) is 5.41 Å². The van der Waals surface area contributed by atoms with E-state index in [1.807, 2.05) is 24.3 Å². The van der Waals surface area contributed by atoms with Crippen molar-refractivity contribution in [2.45, 2.75) is 26.2 Å². The summed E-state index contributed by atoms with van der Waals surface area (Å²) in [5.74, 6) is 0.132. The van der Waals surface area contributed by atoms with Crippen molar-refractivity contribution < 1.29 is 9.18 Å². The first-order chi connectivity index (χ1) is 12.8. The number of carbonyl (C=O) groups is 1. The predicted molar refractivity (Wildman–Crippen MR) is 107 cm³/mol. The summed E-state index contributed by atoms with van der Waals surface area (Å²) in [6.07, 6.45) is 1.58. The van der Waals surface area contributed by atoms with Crippen molar-refractivity contribution in [1.29, 1.82) is 0 Å². The Bertz CT molecular complexity index is 912. The van der Waals surface area contributed by atoms with E-state index in [4.69, 9.17) is 0 Å². The Balaban J connectivity index is 1.63. The summed E-state index contributed by atoms with van der Waals surface area (Å²) in [5.41, 5.74) is 3.16. The number of anilines is 3. The molecule has 4 nitrogen and oxygen atoms in total. The summed E-state index contributed by atoms with van der Waals surface area (Å²) >= 11 is 0. The van der Waals surface area contributed by atoms with E-state index in [0.717, 1.165) is 5.69 Å². The van der Waals surface area contributed by atoms with Crippen LogP contribution in [0.15, 0.2) is 66.9 Å². The van der Waals surface area contributed by atoms with Gasteiger partial charge in [0.2, 0.25) is 0 Å². The lowest BCUT2D eigenvalue weighted by molar-refractivity contribution is 0.102. The Morgan fingerprint density at radius 3 is 2.07 bits per heavy atom. The fourth-order valence-electron chi connectivity index (χ4n) is 2.55. The molecule has 0 unspecified atom stereocenters. The van der Waals surface area contributed by atoms with E-state index in [2.05, 4.69) is 36.4 Å². The summed E-state index contributed by atoms with van der Waals surface area (Å²) in [6, 6.07) is 17.1. The van der Waals surface area contributed by atoms with E-state index < -0.39 is 0 Å². The number of carbonyl (C=O) groups excluding carboxylic acids is 1. The van der Waals surface area contributed by atoms with Crippen molar-refractivity contribution in [1.82, 2.24) is 4.98 Å². The lowest BCUT2D eigenvalue weighted by atomic mass is 9.87. The van der Waals surface area contributed by atoms with Gasteiger partial charge in [0, 0.05) is 11.3 Å². The minimum absolute atomic E-state index is 0.0479. The fraction of sp³-hybridized carbons (Fsp3) is 0.182. The molecule has 1 aromatic heterocycles. The molecule has 0 radical (unpaired) electrons. The number of hydrogen-bond acceptors (Lipinski definition) is 3. The minimum Gasteiger partial charge on any atom is -0.340 e. The first kappa shape index (κ1) is 18.6. The van der Waals surface area contributed by atoms with Crippen molar-refractivity contribution in [3.8, 4) is 0 Å². The number of rotatable bonds is 4. The molecule has 0 spiro atoms. The quantitative estimate of drug-likeness (QED) is 0.642. The summed E-state index contributed by atoms with van der Waals surface area (Å²) < 4.78 is 12.9. The molecule has 0 aliphatic carbocycles. The van der Waals surface area contributed by atoms with Gasteiger partial charge in [0.25, 0.3) is 5.91 Å². The zero-order valence-electron chi connectivity index (χ0n) is 15.6. The van der Waals surface area contributed by atoms with Crippen LogP contribution in [0, 0.1) is 5.82 Å². The monoisotopic (exact) mass is 363 g/mol. The molecule has 27 heavy (non-hydrogen) atoms. The van der Waals surface area contributed by atoms with Gasteiger partial charge in [0.05, 0.1) is 11.9 Å². The van der Waals surface area contributed by atoms with Crippen LogP contribution in [0.4, 0.5) is 21.6 Å². The third kappa shape index (κ3) is 4.91. The second-order valence-electron chi connectivity index (χ2n) is 7.35. The molecular formula is C22H22FN3O. The van der Waals surface area contributed by atoms with E-state index in [-0.39, 0.29) is 17.1 Å². The predicted octanol–water partition coefficient (Wildman–Crippen LogP) is 5.51. The summed E-state index contributed by atoms with van der Waals surface area (Å²) in [6.45, 7) is 6.40. The molecule has 3 rings (SSSR count). The van der Waals surface area contributed by atoms with Gasteiger partial charge < -0.3 is 10.6 Å². The topological polar surface area (TPSA) is 54.0 Å². The third-order valence-electron chi connectivity index (χ3n) is 4.15. The Morgan fingerprint density at radius 2 is 1.52 bits per heavy atom. The van der Waals surface area contributed by atoms with Gasteiger partial charge in [-0.05, 0) is 59.5 Å². The Morgan fingerprint density at radius 1 is 0.889 bits per heavy atom. The van der Waals surface area contributed by atoms with E-state index in [9.17, 15) is 9.18 Å². The average molecular weight is 363 g/mol. The molecule has 2 aromatic carbocycles. The molecule has 1 amide bonds. The molecule has 5 heteroatoms. The van der Waals surface area contributed by atoms with Crippen LogP contribution >= 0.6 is 0 Å². The van der Waals surface area contributed by atoms with Crippen LogP contribution in [0.5, 0.6) is 0 Å². The van der Waals surface area contributed by atoms with Gasteiger partial charge in [-0.1, -0.05) is 32.9 Å². The summed E-state index contributed by atoms with van der Waals surface area (Å²) in [4.78, 5) is 16.7. The Hall–Kier alpha value is -3.21. The highest BCUT2D eigenvalue weighted by molar-refractivity contribution is 6.04. The molecule has 0 aliphatic rings. The van der Waals surface area contributed by atoms with Crippen LogP contribution in [0.1, 0.15) is 36.7 Å². The van der Waals surface area contributed by atoms with Gasteiger partial charge >= 0.3 is 0 Å². The van der Waals surface area contributed by atoms with Crippen molar-refractivity contribution in [2.75, 3.05) is 10.6 Å². The summed E-state index contributed by atoms with van der Waals surface area (Å²) in [5, 5.41) is 5.91. The number of amides is 1. The highest BCUT2D eigenvalue weighted by Crippen LogP contribution is 2.22. The molecule has 1 heterocycles. The number of benzene rings is 2. The zero-order chi connectivity index (χ0) is 19.4. The van der Waals surface area contributed by atoms with Crippen LogP contribution in [0.25, 0.3) is 0 Å². The van der Waals surface area contributed by atoms with Gasteiger partial charge in [-0.2, -0.15) is 0 Å². The van der Waals surface area contributed by atoms with Crippen molar-refractivity contribution >= 4 is 23.1 Å². The maximum absolute atomic E-state index is 12.9. The molecule has 138 valence electrons. The smallest absolute Gasteiger partial charge is 0.255 e. The molecule has 2 N–H and O–H groups in total. The molecule has 0 fully saturated rings. The largest absolute Gasteiger partial charge is 0.340 e. The molecule has 0 saturated carbocycles. The Kier molecular flexibility index (Phi) is 5.21. The fourth-order valence-corrected chi connectivity index (χ4v) is 2.55. The minimum atomic E-state index is -0.290. The van der Waals surface area contributed by atoms with Crippen LogP contribution in [-0.4, -0.2) is 10.9 Å². The van der Waals surface area contributed by atoms with Gasteiger partial charge in [0.1, 0.15) is 11.6 Å². The highest BCUT2D eigenvalue weighted by Gasteiger charge is 2.14. The average Bonchev–Trinajstić information content (AvgIpc) is 2.64. The van der Waals surface area contributed by atoms with E-state index >= 15 is 0 Å². The first-order valence-electron chi connectivity index (χ1n) is 8.72. The van der Waals surface area contributed by atoms with Gasteiger partial charge in [-0.3, -0.25) is 4.79 Å². The number of halogens is 1.